The molecule has 0 aliphatic carbocycles. The van der Waals surface area contributed by atoms with Gasteiger partial charge in [-0.25, -0.2) is 0 Å². The molecule has 1 aromatic heterocycles. The van der Waals surface area contributed by atoms with Crippen LogP contribution in [0.15, 0.2) is 29.6 Å². The molecule has 107 valence electrons. The molecule has 0 atom stereocenters. The van der Waals surface area contributed by atoms with Crippen molar-refractivity contribution >= 4 is 11.3 Å². The van der Waals surface area contributed by atoms with Crippen molar-refractivity contribution in [2.24, 2.45) is 0 Å². The Labute approximate surface area is 113 Å². The molecule has 20 heavy (non-hydrogen) atoms. The Hall–Kier alpha value is -1.70. The van der Waals surface area contributed by atoms with Gasteiger partial charge in [0.05, 0.1) is 11.1 Å². The maximum absolute atomic E-state index is 12.8. The van der Waals surface area contributed by atoms with E-state index in [1.807, 2.05) is 0 Å². The quantitative estimate of drug-likeness (QED) is 0.677. The van der Waals surface area contributed by atoms with Gasteiger partial charge in [0.15, 0.2) is 10.8 Å². The summed E-state index contributed by atoms with van der Waals surface area (Å²) < 4.78 is 81.5. The summed E-state index contributed by atoms with van der Waals surface area (Å²) in [5.41, 5.74) is -2.94. The van der Waals surface area contributed by atoms with E-state index in [9.17, 15) is 26.3 Å². The van der Waals surface area contributed by atoms with Crippen molar-refractivity contribution in [3.05, 3.63) is 46.8 Å². The highest BCUT2D eigenvalue weighted by Crippen LogP contribution is 2.46. The first-order valence-corrected chi connectivity index (χ1v) is 5.97. The molecule has 0 saturated carbocycles. The molecule has 0 spiro atoms. The fourth-order valence-electron chi connectivity index (χ4n) is 1.48. The van der Waals surface area contributed by atoms with E-state index in [1.165, 1.54) is 5.38 Å². The van der Waals surface area contributed by atoms with Crippen LogP contribution in [0.5, 0.6) is 10.8 Å². The van der Waals surface area contributed by atoms with Gasteiger partial charge in [-0.05, 0) is 18.2 Å². The van der Waals surface area contributed by atoms with Crippen LogP contribution in [0.4, 0.5) is 26.3 Å². The third-order valence-electron chi connectivity index (χ3n) is 2.27. The number of benzene rings is 1. The molecular formula is C12H5F6OS. The summed E-state index contributed by atoms with van der Waals surface area (Å²) in [5.74, 6) is -1.25. The lowest BCUT2D eigenvalue weighted by molar-refractivity contribution is -0.144. The maximum atomic E-state index is 12.8. The summed E-state index contributed by atoms with van der Waals surface area (Å²) in [6.07, 6.45) is -9.89. The highest BCUT2D eigenvalue weighted by molar-refractivity contribution is 7.11. The normalized spacial score (nSPS) is 12.5. The van der Waals surface area contributed by atoms with Gasteiger partial charge in [-0.2, -0.15) is 26.3 Å². The van der Waals surface area contributed by atoms with Crippen LogP contribution in [-0.4, -0.2) is 0 Å². The molecule has 0 amide bonds. The zero-order valence-electron chi connectivity index (χ0n) is 9.47. The van der Waals surface area contributed by atoms with Gasteiger partial charge in [-0.1, -0.05) is 6.07 Å². The Morgan fingerprint density at radius 2 is 1.50 bits per heavy atom. The van der Waals surface area contributed by atoms with Crippen molar-refractivity contribution in [2.45, 2.75) is 12.4 Å². The predicted octanol–water partition coefficient (Wildman–Crippen LogP) is 5.38. The molecule has 0 aliphatic heterocycles. The molecule has 1 heterocycles. The van der Waals surface area contributed by atoms with E-state index in [1.54, 1.807) is 0 Å². The Balaban J connectivity index is 2.59. The topological polar surface area (TPSA) is 9.23 Å². The first-order chi connectivity index (χ1) is 9.19. The second kappa shape index (κ2) is 5.01. The summed E-state index contributed by atoms with van der Waals surface area (Å²) in [4.78, 5) is 0. The summed E-state index contributed by atoms with van der Waals surface area (Å²) in [7, 11) is 0. The van der Waals surface area contributed by atoms with E-state index in [2.05, 4.69) is 6.07 Å². The van der Waals surface area contributed by atoms with Crippen molar-refractivity contribution in [1.82, 2.24) is 0 Å². The second-order valence-corrected chi connectivity index (χ2v) is 4.52. The van der Waals surface area contributed by atoms with Crippen molar-refractivity contribution in [2.75, 3.05) is 0 Å². The highest BCUT2D eigenvalue weighted by atomic mass is 32.1. The third-order valence-corrected chi connectivity index (χ3v) is 2.96. The average Bonchev–Trinajstić information content (AvgIpc) is 2.79. The van der Waals surface area contributed by atoms with Crippen LogP contribution in [-0.2, 0) is 12.4 Å². The summed E-state index contributed by atoms with van der Waals surface area (Å²) in [5, 5.41) is 1.26. The Kier molecular flexibility index (Phi) is 3.68. The van der Waals surface area contributed by atoms with Gasteiger partial charge in [-0.15, -0.1) is 11.3 Å². The molecule has 2 aromatic rings. The van der Waals surface area contributed by atoms with Crippen LogP contribution in [0.3, 0.4) is 0 Å². The number of ether oxygens (including phenoxy) is 1. The predicted molar refractivity (Wildman–Crippen MR) is 59.7 cm³/mol. The zero-order chi connectivity index (χ0) is 15.0. The van der Waals surface area contributed by atoms with Crippen LogP contribution in [0, 0.1) is 6.07 Å². The maximum Gasteiger partial charge on any atom is 0.420 e. The van der Waals surface area contributed by atoms with Crippen molar-refractivity contribution < 1.29 is 31.1 Å². The molecule has 0 N–H and O–H groups in total. The van der Waals surface area contributed by atoms with Gasteiger partial charge < -0.3 is 4.74 Å². The van der Waals surface area contributed by atoms with Crippen molar-refractivity contribution in [3.8, 4) is 10.8 Å². The molecule has 2 rings (SSSR count). The van der Waals surface area contributed by atoms with Crippen LogP contribution in [0.2, 0.25) is 0 Å². The molecule has 0 unspecified atom stereocenters. The first-order valence-electron chi connectivity index (χ1n) is 5.09. The van der Waals surface area contributed by atoms with E-state index < -0.39 is 29.2 Å². The van der Waals surface area contributed by atoms with Gasteiger partial charge in [0.1, 0.15) is 0 Å². The Morgan fingerprint density at radius 1 is 0.950 bits per heavy atom. The molecular weight excluding hydrogens is 306 g/mol. The summed E-state index contributed by atoms with van der Waals surface area (Å²) in [6.45, 7) is 0. The monoisotopic (exact) mass is 311 g/mol. The minimum absolute atomic E-state index is 0.104. The molecule has 0 aliphatic rings. The van der Waals surface area contributed by atoms with Gasteiger partial charge in [-0.3, -0.25) is 0 Å². The number of thiophene rings is 1. The average molecular weight is 311 g/mol. The van der Waals surface area contributed by atoms with Crippen LogP contribution < -0.4 is 4.74 Å². The molecule has 0 bridgehead atoms. The van der Waals surface area contributed by atoms with Crippen molar-refractivity contribution in [1.29, 1.82) is 0 Å². The fraction of sp³-hybridized carbons (Fsp3) is 0.167. The fourth-order valence-corrected chi connectivity index (χ4v) is 2.00. The van der Waals surface area contributed by atoms with E-state index >= 15 is 0 Å². The smallest absolute Gasteiger partial charge is 0.420 e. The lowest BCUT2D eigenvalue weighted by Gasteiger charge is -2.17. The van der Waals surface area contributed by atoms with Crippen LogP contribution >= 0.6 is 11.3 Å². The van der Waals surface area contributed by atoms with Crippen LogP contribution in [0.25, 0.3) is 0 Å². The SMILES string of the molecule is FC(F)(F)c1cccc(C(F)(F)F)c1Oc1c[c]cs1. The van der Waals surface area contributed by atoms with E-state index in [4.69, 9.17) is 4.74 Å². The lowest BCUT2D eigenvalue weighted by Crippen LogP contribution is -2.13. The zero-order valence-corrected chi connectivity index (χ0v) is 10.3. The molecule has 0 fully saturated rings. The highest BCUT2D eigenvalue weighted by Gasteiger charge is 2.42. The summed E-state index contributed by atoms with van der Waals surface area (Å²) >= 11 is 0.844. The number of hydrogen-bond acceptors (Lipinski definition) is 2. The standard InChI is InChI=1S/C12H5F6OS/c13-11(14,15)7-3-1-4-8(12(16,17)18)10(7)19-9-5-2-6-20-9/h1,3-6H. The van der Waals surface area contributed by atoms with Gasteiger partial charge in [0.2, 0.25) is 0 Å². The number of rotatable bonds is 2. The van der Waals surface area contributed by atoms with E-state index in [0.29, 0.717) is 18.2 Å². The van der Waals surface area contributed by atoms with Crippen molar-refractivity contribution in [3.63, 3.8) is 0 Å². The molecule has 1 aromatic carbocycles. The van der Waals surface area contributed by atoms with Gasteiger partial charge >= 0.3 is 12.4 Å². The minimum atomic E-state index is -4.95. The molecule has 1 radical (unpaired) electrons. The summed E-state index contributed by atoms with van der Waals surface area (Å²) in [6, 6.07) is 5.44. The number of para-hydroxylation sites is 1. The lowest BCUT2D eigenvalue weighted by atomic mass is 10.1. The van der Waals surface area contributed by atoms with Gasteiger partial charge in [0.25, 0.3) is 0 Å². The number of halogens is 6. The molecule has 0 saturated heterocycles. The Bertz CT molecular complexity index is 553. The van der Waals surface area contributed by atoms with Gasteiger partial charge in [0, 0.05) is 11.4 Å². The first kappa shape index (κ1) is 14.7. The Morgan fingerprint density at radius 3 is 1.90 bits per heavy atom. The number of hydrogen-bond donors (Lipinski definition) is 0. The molecule has 1 nitrogen and oxygen atoms in total. The van der Waals surface area contributed by atoms with Crippen LogP contribution in [0.1, 0.15) is 11.1 Å². The minimum Gasteiger partial charge on any atom is -0.445 e. The third kappa shape index (κ3) is 3.06. The molecule has 8 heteroatoms. The van der Waals surface area contributed by atoms with E-state index in [-0.39, 0.29) is 5.06 Å². The second-order valence-electron chi connectivity index (χ2n) is 3.65. The largest absolute Gasteiger partial charge is 0.445 e. The number of alkyl halides is 6. The van der Waals surface area contributed by atoms with E-state index in [0.717, 1.165) is 17.4 Å².